The number of carbonyl (C=O) groups is 2. The van der Waals surface area contributed by atoms with Crippen LogP contribution in [0.3, 0.4) is 0 Å². The number of benzene rings is 1. The monoisotopic (exact) mass is 465 g/mol. The normalized spacial score (nSPS) is 18.1. The zero-order valence-corrected chi connectivity index (χ0v) is 18.6. The first-order chi connectivity index (χ1) is 15.7. The van der Waals surface area contributed by atoms with Crippen LogP contribution in [0.2, 0.25) is 0 Å². The number of nitrogens with zero attached hydrogens (tertiary/aromatic N) is 1. The molecule has 1 aromatic carbocycles. The van der Waals surface area contributed by atoms with Gasteiger partial charge in [-0.25, -0.2) is 4.39 Å². The van der Waals surface area contributed by atoms with Crippen molar-refractivity contribution >= 4 is 17.5 Å². The molecule has 33 heavy (non-hydrogen) atoms. The summed E-state index contributed by atoms with van der Waals surface area (Å²) in [6, 6.07) is 6.82. The van der Waals surface area contributed by atoms with Crippen LogP contribution in [0.25, 0.3) is 0 Å². The molecule has 3 atom stereocenters. The molecule has 1 saturated heterocycles. The van der Waals surface area contributed by atoms with Crippen molar-refractivity contribution in [3.05, 3.63) is 53.9 Å². The Hall–Kier alpha value is -3.11. The summed E-state index contributed by atoms with van der Waals surface area (Å²) in [7, 11) is 0. The van der Waals surface area contributed by atoms with Crippen molar-refractivity contribution in [3.63, 3.8) is 0 Å². The first kappa shape index (κ1) is 26.1. The maximum absolute atomic E-state index is 13.1. The number of hydrogen-bond donors (Lipinski definition) is 3. The quantitative estimate of drug-likeness (QED) is 0.551. The van der Waals surface area contributed by atoms with E-state index in [0.29, 0.717) is 12.1 Å². The molecule has 0 saturated carbocycles. The van der Waals surface area contributed by atoms with Gasteiger partial charge in [-0.2, -0.15) is 4.39 Å². The van der Waals surface area contributed by atoms with Crippen LogP contribution in [0.5, 0.6) is 5.75 Å². The molecular weight excluding hydrogens is 436 g/mol. The van der Waals surface area contributed by atoms with E-state index in [1.54, 1.807) is 6.07 Å². The van der Waals surface area contributed by atoms with Gasteiger partial charge in [-0.15, -0.1) is 0 Å². The molecule has 1 aliphatic heterocycles. The Morgan fingerprint density at radius 1 is 1.33 bits per heavy atom. The number of aromatic nitrogens is 1. The lowest BCUT2D eigenvalue weighted by molar-refractivity contribution is -0.126. The zero-order valence-electron chi connectivity index (χ0n) is 18.6. The van der Waals surface area contributed by atoms with E-state index in [1.807, 2.05) is 13.8 Å². The highest BCUT2D eigenvalue weighted by Crippen LogP contribution is 2.21. The van der Waals surface area contributed by atoms with E-state index in [-0.39, 0.29) is 42.6 Å². The number of carbonyl (C=O) groups excluding carboxylic acids is 2. The van der Waals surface area contributed by atoms with Crippen molar-refractivity contribution in [2.45, 2.75) is 45.3 Å². The van der Waals surface area contributed by atoms with Gasteiger partial charge in [0.2, 0.25) is 5.82 Å². The van der Waals surface area contributed by atoms with Gasteiger partial charge in [0.25, 0.3) is 11.8 Å². The summed E-state index contributed by atoms with van der Waals surface area (Å²) in [6.45, 7) is 4.00. The summed E-state index contributed by atoms with van der Waals surface area (Å²) >= 11 is 0. The van der Waals surface area contributed by atoms with Crippen molar-refractivity contribution in [1.82, 2.24) is 4.98 Å². The Morgan fingerprint density at radius 2 is 2.09 bits per heavy atom. The number of aliphatic hydroxyl groups excluding tert-OH is 1. The van der Waals surface area contributed by atoms with Crippen molar-refractivity contribution in [1.29, 1.82) is 0 Å². The molecule has 3 rings (SSSR count). The predicted octanol–water partition coefficient (Wildman–Crippen LogP) is 3.05. The molecular formula is C23H29F2N3O5. The average Bonchev–Trinajstić information content (AvgIpc) is 3.24. The second-order valence-corrected chi connectivity index (χ2v) is 7.62. The first-order valence-corrected chi connectivity index (χ1v) is 10.6. The SMILES string of the molecule is CC1CCC(C(=O)Nc2ccnc(C(N)=O)c2)O1.CCC(CO)COc1cccc(F)c1F. The van der Waals surface area contributed by atoms with Crippen LogP contribution in [0, 0.1) is 17.6 Å². The molecule has 0 spiro atoms. The van der Waals surface area contributed by atoms with Gasteiger partial charge in [-0.05, 0) is 50.5 Å². The van der Waals surface area contributed by atoms with Gasteiger partial charge in [0.1, 0.15) is 11.8 Å². The molecule has 2 heterocycles. The Morgan fingerprint density at radius 3 is 2.70 bits per heavy atom. The minimum absolute atomic E-state index is 0.0204. The molecule has 1 fully saturated rings. The van der Waals surface area contributed by atoms with Gasteiger partial charge in [0, 0.05) is 24.4 Å². The molecule has 1 aromatic heterocycles. The number of aliphatic hydroxyl groups is 1. The number of nitrogens with two attached hydrogens (primary N) is 1. The average molecular weight is 465 g/mol. The lowest BCUT2D eigenvalue weighted by atomic mass is 10.1. The van der Waals surface area contributed by atoms with Crippen molar-refractivity contribution in [2.75, 3.05) is 18.5 Å². The Kier molecular flexibility index (Phi) is 10.1. The highest BCUT2D eigenvalue weighted by atomic mass is 19.2. The molecule has 1 aliphatic rings. The predicted molar refractivity (Wildman–Crippen MR) is 118 cm³/mol. The number of nitrogens with one attached hydrogen (secondary N) is 1. The zero-order chi connectivity index (χ0) is 24.4. The van der Waals surface area contributed by atoms with Crippen LogP contribution in [0.4, 0.5) is 14.5 Å². The van der Waals surface area contributed by atoms with Crippen molar-refractivity contribution in [2.24, 2.45) is 11.7 Å². The molecule has 2 amide bonds. The third-order valence-corrected chi connectivity index (χ3v) is 5.03. The molecule has 3 unspecified atom stereocenters. The highest BCUT2D eigenvalue weighted by molar-refractivity contribution is 5.96. The Labute approximate surface area is 191 Å². The lowest BCUT2D eigenvalue weighted by Gasteiger charge is -2.13. The summed E-state index contributed by atoms with van der Waals surface area (Å²) in [5, 5.41) is 11.6. The first-order valence-electron chi connectivity index (χ1n) is 10.6. The maximum atomic E-state index is 13.1. The number of hydrogen-bond acceptors (Lipinski definition) is 6. The number of ether oxygens (including phenoxy) is 2. The Bertz CT molecular complexity index is 940. The van der Waals surface area contributed by atoms with Gasteiger partial charge < -0.3 is 25.6 Å². The summed E-state index contributed by atoms with van der Waals surface area (Å²) in [5.41, 5.74) is 5.73. The van der Waals surface area contributed by atoms with Crippen molar-refractivity contribution < 1.29 is 33.0 Å². The van der Waals surface area contributed by atoms with Gasteiger partial charge in [0.15, 0.2) is 11.6 Å². The number of pyridine rings is 1. The van der Waals surface area contributed by atoms with E-state index in [1.165, 1.54) is 24.4 Å². The highest BCUT2D eigenvalue weighted by Gasteiger charge is 2.28. The van der Waals surface area contributed by atoms with Crippen LogP contribution in [-0.2, 0) is 9.53 Å². The number of primary amides is 1. The number of amides is 2. The number of halogens is 2. The molecule has 180 valence electrons. The topological polar surface area (TPSA) is 124 Å². The van der Waals surface area contributed by atoms with Crippen LogP contribution >= 0.6 is 0 Å². The number of anilines is 1. The molecule has 8 nitrogen and oxygen atoms in total. The molecule has 10 heteroatoms. The third kappa shape index (κ3) is 8.07. The fourth-order valence-corrected chi connectivity index (χ4v) is 2.96. The van der Waals surface area contributed by atoms with Crippen LogP contribution in [-0.4, -0.2) is 47.3 Å². The lowest BCUT2D eigenvalue weighted by Crippen LogP contribution is -2.28. The third-order valence-electron chi connectivity index (χ3n) is 5.03. The molecule has 2 aromatic rings. The van der Waals surface area contributed by atoms with Crippen LogP contribution in [0.15, 0.2) is 36.5 Å². The minimum atomic E-state index is -0.981. The van der Waals surface area contributed by atoms with Crippen LogP contribution in [0.1, 0.15) is 43.6 Å². The summed E-state index contributed by atoms with van der Waals surface area (Å²) in [4.78, 5) is 26.6. The van der Waals surface area contributed by atoms with E-state index in [9.17, 15) is 18.4 Å². The second kappa shape index (κ2) is 12.8. The minimum Gasteiger partial charge on any atom is -0.490 e. The fourth-order valence-electron chi connectivity index (χ4n) is 2.96. The smallest absolute Gasteiger partial charge is 0.267 e. The van der Waals surface area contributed by atoms with E-state index in [0.717, 1.165) is 18.9 Å². The Balaban J connectivity index is 0.000000238. The van der Waals surface area contributed by atoms with Gasteiger partial charge in [-0.1, -0.05) is 13.0 Å². The molecule has 0 bridgehead atoms. The molecule has 4 N–H and O–H groups in total. The molecule has 0 aliphatic carbocycles. The van der Waals surface area contributed by atoms with Crippen LogP contribution < -0.4 is 15.8 Å². The van der Waals surface area contributed by atoms with Gasteiger partial charge in [0.05, 0.1) is 12.7 Å². The maximum Gasteiger partial charge on any atom is 0.267 e. The van der Waals surface area contributed by atoms with Gasteiger partial charge in [-0.3, -0.25) is 14.6 Å². The van der Waals surface area contributed by atoms with E-state index >= 15 is 0 Å². The standard InChI is InChI=1S/C12H15N3O3.C11H14F2O2/c1-7-2-3-10(18-7)12(17)15-8-4-5-14-9(6-8)11(13)16;1-2-8(6-14)7-15-10-5-3-4-9(12)11(10)13/h4-7,10H,2-3H2,1H3,(H2,13,16)(H,14,15,17);3-5,8,14H,2,6-7H2,1H3. The second-order valence-electron chi connectivity index (χ2n) is 7.62. The molecule has 0 radical (unpaired) electrons. The summed E-state index contributed by atoms with van der Waals surface area (Å²) < 4.78 is 36.4. The van der Waals surface area contributed by atoms with Crippen molar-refractivity contribution in [3.8, 4) is 5.75 Å². The number of rotatable bonds is 8. The van der Waals surface area contributed by atoms with E-state index in [4.69, 9.17) is 20.3 Å². The fraction of sp³-hybridized carbons (Fsp3) is 0.435. The van der Waals surface area contributed by atoms with Gasteiger partial charge >= 0.3 is 0 Å². The van der Waals surface area contributed by atoms with E-state index < -0.39 is 23.6 Å². The van der Waals surface area contributed by atoms with E-state index in [2.05, 4.69) is 10.3 Å². The summed E-state index contributed by atoms with van der Waals surface area (Å²) in [5.74, 6) is -2.90. The largest absolute Gasteiger partial charge is 0.490 e. The summed E-state index contributed by atoms with van der Waals surface area (Å²) in [6.07, 6.45) is 3.42.